The monoisotopic (exact) mass is 277 g/mol. The first-order valence-electron chi connectivity index (χ1n) is 5.64. The molecular weight excluding hydrogens is 266 g/mol. The molecule has 0 fully saturated rings. The molecule has 0 radical (unpaired) electrons. The molecule has 0 aliphatic carbocycles. The molecule has 2 heterocycles. The fourth-order valence-electron chi connectivity index (χ4n) is 2.28. The Labute approximate surface area is 108 Å². The van der Waals surface area contributed by atoms with Crippen LogP contribution in [0.3, 0.4) is 0 Å². The second-order valence-corrected chi connectivity index (χ2v) is 6.42. The molecule has 0 unspecified atom stereocenters. The van der Waals surface area contributed by atoms with Crippen molar-refractivity contribution in [2.45, 2.75) is 11.8 Å². The van der Waals surface area contributed by atoms with Crippen LogP contribution in [0, 0.1) is 6.92 Å². The fourth-order valence-corrected chi connectivity index (χ4v) is 3.29. The van der Waals surface area contributed by atoms with Crippen molar-refractivity contribution in [1.82, 2.24) is 4.98 Å². The summed E-state index contributed by atoms with van der Waals surface area (Å²) in [6.07, 6.45) is 1.00. The molecule has 0 bridgehead atoms. The number of para-hydroxylation sites is 1. The van der Waals surface area contributed by atoms with Crippen molar-refractivity contribution in [1.29, 1.82) is 0 Å². The van der Waals surface area contributed by atoms with Crippen LogP contribution in [0.1, 0.15) is 5.76 Å². The van der Waals surface area contributed by atoms with Gasteiger partial charge in [-0.2, -0.15) is 0 Å². The van der Waals surface area contributed by atoms with Gasteiger partial charge in [-0.1, -0.05) is 12.1 Å². The molecule has 2 aromatic heterocycles. The standard InChI is InChI=1S/C13H11NO4S/c1-7-13(19(2,16)17)11(15)10-12(18-7)8-5-3-4-6-9(8)14-10/h3-6,14H,1-2H3. The number of aromatic amines is 1. The van der Waals surface area contributed by atoms with E-state index >= 15 is 0 Å². The molecule has 0 saturated heterocycles. The number of aryl methyl sites for hydroxylation is 1. The maximum absolute atomic E-state index is 12.3. The smallest absolute Gasteiger partial charge is 0.227 e. The lowest BCUT2D eigenvalue weighted by Gasteiger charge is -2.01. The van der Waals surface area contributed by atoms with Crippen molar-refractivity contribution in [3.8, 4) is 0 Å². The van der Waals surface area contributed by atoms with Gasteiger partial charge in [-0.05, 0) is 19.1 Å². The Kier molecular flexibility index (Phi) is 2.34. The number of hydrogen-bond acceptors (Lipinski definition) is 4. The summed E-state index contributed by atoms with van der Waals surface area (Å²) in [5.41, 5.74) is 0.776. The van der Waals surface area contributed by atoms with Crippen LogP contribution in [0.2, 0.25) is 0 Å². The van der Waals surface area contributed by atoms with Crippen molar-refractivity contribution < 1.29 is 12.8 Å². The molecule has 3 rings (SSSR count). The van der Waals surface area contributed by atoms with E-state index in [0.29, 0.717) is 5.58 Å². The third-order valence-electron chi connectivity index (χ3n) is 3.04. The second-order valence-electron chi connectivity index (χ2n) is 4.46. The molecule has 0 atom stereocenters. The van der Waals surface area contributed by atoms with Gasteiger partial charge in [0.2, 0.25) is 5.43 Å². The van der Waals surface area contributed by atoms with Gasteiger partial charge in [-0.15, -0.1) is 0 Å². The Morgan fingerprint density at radius 2 is 1.89 bits per heavy atom. The van der Waals surface area contributed by atoms with E-state index in [0.717, 1.165) is 17.2 Å². The molecule has 0 aliphatic rings. The lowest BCUT2D eigenvalue weighted by atomic mass is 10.2. The van der Waals surface area contributed by atoms with Gasteiger partial charge in [-0.3, -0.25) is 4.79 Å². The van der Waals surface area contributed by atoms with E-state index in [4.69, 9.17) is 4.42 Å². The van der Waals surface area contributed by atoms with E-state index in [9.17, 15) is 13.2 Å². The van der Waals surface area contributed by atoms with Crippen molar-refractivity contribution in [3.63, 3.8) is 0 Å². The number of sulfone groups is 1. The van der Waals surface area contributed by atoms with Gasteiger partial charge in [0, 0.05) is 17.2 Å². The first-order valence-corrected chi connectivity index (χ1v) is 7.53. The van der Waals surface area contributed by atoms with Crippen molar-refractivity contribution in [2.24, 2.45) is 0 Å². The average molecular weight is 277 g/mol. The Balaban J connectivity index is 2.61. The van der Waals surface area contributed by atoms with Gasteiger partial charge in [0.15, 0.2) is 20.3 Å². The lowest BCUT2D eigenvalue weighted by Crippen LogP contribution is -2.16. The van der Waals surface area contributed by atoms with Gasteiger partial charge in [0.1, 0.15) is 11.3 Å². The van der Waals surface area contributed by atoms with Crippen LogP contribution in [0.15, 0.2) is 38.4 Å². The zero-order valence-corrected chi connectivity index (χ0v) is 11.2. The van der Waals surface area contributed by atoms with E-state index in [1.165, 1.54) is 6.92 Å². The Morgan fingerprint density at radius 1 is 1.21 bits per heavy atom. The van der Waals surface area contributed by atoms with E-state index in [2.05, 4.69) is 4.98 Å². The third kappa shape index (κ3) is 1.67. The molecule has 1 N–H and O–H groups in total. The Hall–Kier alpha value is -2.08. The molecule has 19 heavy (non-hydrogen) atoms. The summed E-state index contributed by atoms with van der Waals surface area (Å²) in [5.74, 6) is 0.116. The summed E-state index contributed by atoms with van der Waals surface area (Å²) in [6.45, 7) is 1.49. The molecule has 6 heteroatoms. The van der Waals surface area contributed by atoms with Crippen LogP contribution in [0.25, 0.3) is 22.0 Å². The molecule has 3 aromatic rings. The number of benzene rings is 1. The number of nitrogens with one attached hydrogen (secondary N) is 1. The van der Waals surface area contributed by atoms with Crippen LogP contribution < -0.4 is 5.43 Å². The summed E-state index contributed by atoms with van der Waals surface area (Å²) < 4.78 is 28.9. The Morgan fingerprint density at radius 3 is 2.58 bits per heavy atom. The molecule has 0 spiro atoms. The second kappa shape index (κ2) is 3.71. The van der Waals surface area contributed by atoms with Gasteiger partial charge in [0.25, 0.3) is 0 Å². The number of rotatable bonds is 1. The SMILES string of the molecule is Cc1oc2c([nH]c3ccccc32)c(=O)c1S(C)(=O)=O. The summed E-state index contributed by atoms with van der Waals surface area (Å²) in [6, 6.07) is 7.28. The molecule has 0 aliphatic heterocycles. The van der Waals surface area contributed by atoms with Gasteiger partial charge in [-0.25, -0.2) is 8.42 Å². The van der Waals surface area contributed by atoms with Crippen molar-refractivity contribution >= 4 is 31.8 Å². The van der Waals surface area contributed by atoms with E-state index in [-0.39, 0.29) is 16.2 Å². The van der Waals surface area contributed by atoms with Gasteiger partial charge >= 0.3 is 0 Å². The highest BCUT2D eigenvalue weighted by atomic mass is 32.2. The quantitative estimate of drug-likeness (QED) is 0.737. The van der Waals surface area contributed by atoms with Crippen molar-refractivity contribution in [2.75, 3.05) is 6.26 Å². The highest BCUT2D eigenvalue weighted by molar-refractivity contribution is 7.90. The largest absolute Gasteiger partial charge is 0.457 e. The maximum atomic E-state index is 12.3. The summed E-state index contributed by atoms with van der Waals surface area (Å²) in [5, 5.41) is 0.762. The average Bonchev–Trinajstić information content (AvgIpc) is 2.67. The number of aromatic nitrogens is 1. The zero-order valence-electron chi connectivity index (χ0n) is 10.4. The van der Waals surface area contributed by atoms with Crippen LogP contribution in [-0.4, -0.2) is 19.7 Å². The normalized spacial score (nSPS) is 12.3. The highest BCUT2D eigenvalue weighted by Crippen LogP contribution is 2.26. The van der Waals surface area contributed by atoms with E-state index in [1.807, 2.05) is 18.2 Å². The third-order valence-corrected chi connectivity index (χ3v) is 4.25. The number of H-pyrrole nitrogens is 1. The van der Waals surface area contributed by atoms with Crippen LogP contribution >= 0.6 is 0 Å². The van der Waals surface area contributed by atoms with E-state index < -0.39 is 15.3 Å². The fraction of sp³-hybridized carbons (Fsp3) is 0.154. The van der Waals surface area contributed by atoms with Gasteiger partial charge in [0.05, 0.1) is 0 Å². The minimum atomic E-state index is -3.62. The van der Waals surface area contributed by atoms with Crippen LogP contribution in [-0.2, 0) is 9.84 Å². The minimum Gasteiger partial charge on any atom is -0.457 e. The maximum Gasteiger partial charge on any atom is 0.227 e. The van der Waals surface area contributed by atoms with E-state index in [1.54, 1.807) is 6.07 Å². The summed E-state index contributed by atoms with van der Waals surface area (Å²) in [7, 11) is -3.62. The zero-order chi connectivity index (χ0) is 13.8. The summed E-state index contributed by atoms with van der Waals surface area (Å²) in [4.78, 5) is 14.9. The predicted molar refractivity (Wildman–Crippen MR) is 72.2 cm³/mol. The number of hydrogen-bond donors (Lipinski definition) is 1. The van der Waals surface area contributed by atoms with Crippen molar-refractivity contribution in [3.05, 3.63) is 40.2 Å². The minimum absolute atomic E-state index is 0.116. The molecule has 0 amide bonds. The van der Waals surface area contributed by atoms with Crippen LogP contribution in [0.4, 0.5) is 0 Å². The lowest BCUT2D eigenvalue weighted by molar-refractivity contribution is 0.539. The highest BCUT2D eigenvalue weighted by Gasteiger charge is 2.22. The van der Waals surface area contributed by atoms with Gasteiger partial charge < -0.3 is 9.40 Å². The molecule has 1 aromatic carbocycles. The Bertz CT molecular complexity index is 963. The first-order chi connectivity index (χ1) is 8.89. The number of fused-ring (bicyclic) bond motifs is 3. The molecule has 0 saturated carbocycles. The first kappa shape index (κ1) is 12.0. The predicted octanol–water partition coefficient (Wildman–Crippen LogP) is 1.99. The summed E-state index contributed by atoms with van der Waals surface area (Å²) >= 11 is 0. The molecule has 5 nitrogen and oxygen atoms in total. The molecule has 98 valence electrons. The molecular formula is C13H11NO4S. The van der Waals surface area contributed by atoms with Crippen LogP contribution in [0.5, 0.6) is 0 Å². The topological polar surface area (TPSA) is 80.1 Å².